The molecule has 0 aliphatic carbocycles. The molecule has 0 radical (unpaired) electrons. The largest absolute Gasteiger partial charge is 0.390 e. The van der Waals surface area contributed by atoms with Gasteiger partial charge in [0.05, 0.1) is 11.7 Å². The van der Waals surface area contributed by atoms with Gasteiger partial charge in [0.2, 0.25) is 0 Å². The summed E-state index contributed by atoms with van der Waals surface area (Å²) >= 11 is 0. The summed E-state index contributed by atoms with van der Waals surface area (Å²) in [5.74, 6) is 0. The fourth-order valence-corrected chi connectivity index (χ4v) is 0.800. The van der Waals surface area contributed by atoms with E-state index in [1.54, 1.807) is 7.11 Å². The first-order chi connectivity index (χ1) is 5.44. The van der Waals surface area contributed by atoms with E-state index in [-0.39, 0.29) is 0 Å². The van der Waals surface area contributed by atoms with Crippen LogP contribution >= 0.6 is 0 Å². The Labute approximate surface area is 75.2 Å². The van der Waals surface area contributed by atoms with E-state index in [0.717, 1.165) is 12.0 Å². The monoisotopic (exact) mass is 172 g/mol. The molecule has 2 nitrogen and oxygen atoms in total. The van der Waals surface area contributed by atoms with Crippen LogP contribution in [0.5, 0.6) is 0 Å². The Morgan fingerprint density at radius 1 is 1.58 bits per heavy atom. The molecule has 1 unspecified atom stereocenters. The highest BCUT2D eigenvalue weighted by atomic mass is 16.5. The Hall–Kier alpha value is -0.340. The summed E-state index contributed by atoms with van der Waals surface area (Å²) in [7, 11) is 1.61. The molecule has 12 heavy (non-hydrogen) atoms. The molecule has 0 heterocycles. The van der Waals surface area contributed by atoms with E-state index in [1.165, 1.54) is 0 Å². The summed E-state index contributed by atoms with van der Waals surface area (Å²) in [6.07, 6.45) is 1.07. The van der Waals surface area contributed by atoms with Crippen molar-refractivity contribution in [2.75, 3.05) is 7.11 Å². The molecular weight excluding hydrogens is 152 g/mol. The molecule has 72 valence electrons. The van der Waals surface area contributed by atoms with Crippen molar-refractivity contribution in [1.29, 1.82) is 0 Å². The predicted octanol–water partition coefficient (Wildman–Crippen LogP) is 2.13. The molecule has 0 rings (SSSR count). The molecule has 0 aromatic rings. The molecule has 2 heteroatoms. The third kappa shape index (κ3) is 3.37. The van der Waals surface area contributed by atoms with E-state index in [9.17, 15) is 5.11 Å². The lowest BCUT2D eigenvalue weighted by Gasteiger charge is -2.29. The van der Waals surface area contributed by atoms with Gasteiger partial charge in [0.1, 0.15) is 0 Å². The molecule has 0 saturated carbocycles. The standard InChI is InChI=1S/C10H20O2/c1-6-8(2)7-9(11)10(3,4)12-5/h9,11H,2,6-7H2,1,3-5H3. The van der Waals surface area contributed by atoms with Crippen LogP contribution in [-0.4, -0.2) is 23.9 Å². The van der Waals surface area contributed by atoms with Crippen LogP contribution in [0.3, 0.4) is 0 Å². The summed E-state index contributed by atoms with van der Waals surface area (Å²) < 4.78 is 5.15. The summed E-state index contributed by atoms with van der Waals surface area (Å²) in [5, 5.41) is 9.69. The second kappa shape index (κ2) is 4.63. The fourth-order valence-electron chi connectivity index (χ4n) is 0.800. The quantitative estimate of drug-likeness (QED) is 0.644. The maximum Gasteiger partial charge on any atom is 0.0883 e. The van der Waals surface area contributed by atoms with Crippen molar-refractivity contribution in [3.63, 3.8) is 0 Å². The van der Waals surface area contributed by atoms with E-state index in [1.807, 2.05) is 20.8 Å². The van der Waals surface area contributed by atoms with Crippen molar-refractivity contribution < 1.29 is 9.84 Å². The van der Waals surface area contributed by atoms with Crippen LogP contribution in [0.4, 0.5) is 0 Å². The number of hydrogen-bond donors (Lipinski definition) is 1. The van der Waals surface area contributed by atoms with Gasteiger partial charge < -0.3 is 9.84 Å². The highest BCUT2D eigenvalue weighted by Gasteiger charge is 2.27. The topological polar surface area (TPSA) is 29.5 Å². The van der Waals surface area contributed by atoms with Crippen LogP contribution in [0.2, 0.25) is 0 Å². The molecule has 0 aromatic carbocycles. The van der Waals surface area contributed by atoms with Crippen molar-refractivity contribution in [3.05, 3.63) is 12.2 Å². The van der Waals surface area contributed by atoms with Gasteiger partial charge in [0, 0.05) is 7.11 Å². The minimum absolute atomic E-state index is 0.463. The van der Waals surface area contributed by atoms with E-state index in [0.29, 0.717) is 6.42 Å². The molecule has 1 atom stereocenters. The molecule has 0 aliphatic heterocycles. The molecule has 0 amide bonds. The minimum Gasteiger partial charge on any atom is -0.390 e. The lowest BCUT2D eigenvalue weighted by atomic mass is 9.95. The third-order valence-corrected chi connectivity index (χ3v) is 2.31. The summed E-state index contributed by atoms with van der Waals surface area (Å²) in [4.78, 5) is 0. The van der Waals surface area contributed by atoms with Crippen LogP contribution in [0.1, 0.15) is 33.6 Å². The Balaban J connectivity index is 4.02. The molecule has 1 N–H and O–H groups in total. The Bertz CT molecular complexity index is 150. The van der Waals surface area contributed by atoms with Crippen molar-refractivity contribution in [2.45, 2.75) is 45.3 Å². The maximum atomic E-state index is 9.69. The zero-order valence-electron chi connectivity index (χ0n) is 8.55. The van der Waals surface area contributed by atoms with Gasteiger partial charge in [0.25, 0.3) is 0 Å². The average Bonchev–Trinajstić information content (AvgIpc) is 2.04. The number of aliphatic hydroxyl groups excluding tert-OH is 1. The van der Waals surface area contributed by atoms with Gasteiger partial charge in [-0.2, -0.15) is 0 Å². The zero-order chi connectivity index (χ0) is 9.78. The SMILES string of the molecule is C=C(CC)CC(O)C(C)(C)OC. The second-order valence-electron chi connectivity index (χ2n) is 3.63. The molecule has 0 aromatic heterocycles. The van der Waals surface area contributed by atoms with Gasteiger partial charge in [-0.15, -0.1) is 0 Å². The van der Waals surface area contributed by atoms with Gasteiger partial charge in [-0.1, -0.05) is 19.1 Å². The fraction of sp³-hybridized carbons (Fsp3) is 0.800. The van der Waals surface area contributed by atoms with Crippen LogP contribution in [0.25, 0.3) is 0 Å². The zero-order valence-corrected chi connectivity index (χ0v) is 8.55. The predicted molar refractivity (Wildman–Crippen MR) is 51.1 cm³/mol. The Kier molecular flexibility index (Phi) is 4.50. The molecule has 0 aliphatic rings. The minimum atomic E-state index is -0.474. The smallest absolute Gasteiger partial charge is 0.0883 e. The lowest BCUT2D eigenvalue weighted by Crippen LogP contribution is -2.38. The highest BCUT2D eigenvalue weighted by Crippen LogP contribution is 2.20. The number of aliphatic hydroxyl groups is 1. The molecule has 0 spiro atoms. The third-order valence-electron chi connectivity index (χ3n) is 2.31. The number of ether oxygens (including phenoxy) is 1. The normalized spacial score (nSPS) is 14.4. The maximum absolute atomic E-state index is 9.69. The number of methoxy groups -OCH3 is 1. The van der Waals surface area contributed by atoms with Crippen LogP contribution in [0.15, 0.2) is 12.2 Å². The number of rotatable bonds is 5. The van der Waals surface area contributed by atoms with E-state index in [4.69, 9.17) is 4.74 Å². The van der Waals surface area contributed by atoms with Crippen molar-refractivity contribution in [1.82, 2.24) is 0 Å². The van der Waals surface area contributed by atoms with Crippen molar-refractivity contribution in [2.24, 2.45) is 0 Å². The highest BCUT2D eigenvalue weighted by molar-refractivity contribution is 4.98. The van der Waals surface area contributed by atoms with Crippen molar-refractivity contribution in [3.8, 4) is 0 Å². The summed E-state index contributed by atoms with van der Waals surface area (Å²) in [6.45, 7) is 9.63. The second-order valence-corrected chi connectivity index (χ2v) is 3.63. The first-order valence-corrected chi connectivity index (χ1v) is 4.34. The first kappa shape index (κ1) is 11.7. The Morgan fingerprint density at radius 3 is 2.42 bits per heavy atom. The number of hydrogen-bond acceptors (Lipinski definition) is 2. The molecular formula is C10H20O2. The molecule has 0 bridgehead atoms. The van der Waals surface area contributed by atoms with Crippen molar-refractivity contribution >= 4 is 0 Å². The summed E-state index contributed by atoms with van der Waals surface area (Å²) in [5.41, 5.74) is 0.589. The average molecular weight is 172 g/mol. The Morgan fingerprint density at radius 2 is 2.08 bits per heavy atom. The van der Waals surface area contributed by atoms with Gasteiger partial charge in [0.15, 0.2) is 0 Å². The molecule has 0 fully saturated rings. The van der Waals surface area contributed by atoms with Gasteiger partial charge in [-0.25, -0.2) is 0 Å². The first-order valence-electron chi connectivity index (χ1n) is 4.34. The lowest BCUT2D eigenvalue weighted by molar-refractivity contribution is -0.0765. The van der Waals surface area contributed by atoms with E-state index in [2.05, 4.69) is 6.58 Å². The van der Waals surface area contributed by atoms with E-state index >= 15 is 0 Å². The van der Waals surface area contributed by atoms with Crippen LogP contribution < -0.4 is 0 Å². The molecule has 0 saturated heterocycles. The van der Waals surface area contributed by atoms with Gasteiger partial charge in [-0.05, 0) is 26.7 Å². The van der Waals surface area contributed by atoms with Gasteiger partial charge in [-0.3, -0.25) is 0 Å². The van der Waals surface area contributed by atoms with E-state index < -0.39 is 11.7 Å². The summed E-state index contributed by atoms with van der Waals surface area (Å²) in [6, 6.07) is 0. The van der Waals surface area contributed by atoms with Crippen LogP contribution in [0, 0.1) is 0 Å². The van der Waals surface area contributed by atoms with Gasteiger partial charge >= 0.3 is 0 Å². The van der Waals surface area contributed by atoms with Crippen LogP contribution in [-0.2, 0) is 4.74 Å².